The van der Waals surface area contributed by atoms with E-state index < -0.39 is 0 Å². The molecular weight excluding hydrogens is 280 g/mol. The summed E-state index contributed by atoms with van der Waals surface area (Å²) in [5.41, 5.74) is 7.78. The van der Waals surface area contributed by atoms with E-state index in [1.165, 1.54) is 5.56 Å². The van der Waals surface area contributed by atoms with Gasteiger partial charge in [-0.25, -0.2) is 4.99 Å². The van der Waals surface area contributed by atoms with Gasteiger partial charge in [0.15, 0.2) is 5.96 Å². The molecule has 2 heterocycles. The van der Waals surface area contributed by atoms with E-state index in [-0.39, 0.29) is 24.0 Å². The van der Waals surface area contributed by atoms with Crippen molar-refractivity contribution in [3.8, 4) is 0 Å². The number of hydrogen-bond acceptors (Lipinski definition) is 5. The van der Waals surface area contributed by atoms with Crippen LogP contribution in [0.25, 0.3) is 0 Å². The molecule has 1 amide bonds. The minimum Gasteiger partial charge on any atom is -0.377 e. The van der Waals surface area contributed by atoms with Crippen molar-refractivity contribution in [2.24, 2.45) is 16.6 Å². The van der Waals surface area contributed by atoms with Crippen LogP contribution in [0.5, 0.6) is 0 Å². The first-order valence-electron chi connectivity index (χ1n) is 7.45. The second-order valence-electron chi connectivity index (χ2n) is 5.45. The SMILES string of the molecule is NC1=NC2NC=C(CCCOCc3ccccc3)C2C(=O)N1. The van der Waals surface area contributed by atoms with Gasteiger partial charge in [-0.1, -0.05) is 30.3 Å². The molecule has 2 unspecified atom stereocenters. The van der Waals surface area contributed by atoms with Gasteiger partial charge in [0.2, 0.25) is 5.91 Å². The molecule has 6 nitrogen and oxygen atoms in total. The molecule has 1 aromatic carbocycles. The van der Waals surface area contributed by atoms with Crippen molar-refractivity contribution in [1.29, 1.82) is 0 Å². The van der Waals surface area contributed by atoms with E-state index in [1.807, 2.05) is 36.5 Å². The van der Waals surface area contributed by atoms with Crippen LogP contribution in [0.2, 0.25) is 0 Å². The minimum absolute atomic E-state index is 0.0843. The molecule has 22 heavy (non-hydrogen) atoms. The number of hydrogen-bond donors (Lipinski definition) is 3. The Morgan fingerprint density at radius 1 is 1.27 bits per heavy atom. The predicted octanol–water partition coefficient (Wildman–Crippen LogP) is 0.857. The molecule has 116 valence electrons. The van der Waals surface area contributed by atoms with Crippen LogP contribution in [0.15, 0.2) is 47.1 Å². The fourth-order valence-corrected chi connectivity index (χ4v) is 2.76. The third kappa shape index (κ3) is 3.28. The molecule has 0 aliphatic carbocycles. The van der Waals surface area contributed by atoms with Gasteiger partial charge in [0, 0.05) is 6.61 Å². The van der Waals surface area contributed by atoms with Gasteiger partial charge in [0.25, 0.3) is 0 Å². The lowest BCUT2D eigenvalue weighted by atomic mass is 9.94. The Balaban J connectivity index is 1.42. The van der Waals surface area contributed by atoms with Gasteiger partial charge in [-0.05, 0) is 30.2 Å². The summed E-state index contributed by atoms with van der Waals surface area (Å²) in [6, 6.07) is 10.1. The number of rotatable bonds is 6. The quantitative estimate of drug-likeness (QED) is 0.680. The van der Waals surface area contributed by atoms with Gasteiger partial charge in [0.05, 0.1) is 6.61 Å². The Labute approximate surface area is 129 Å². The average molecular weight is 300 g/mol. The van der Waals surface area contributed by atoms with E-state index in [9.17, 15) is 4.79 Å². The molecular formula is C16H20N4O2. The Bertz CT molecular complexity index is 597. The van der Waals surface area contributed by atoms with Gasteiger partial charge >= 0.3 is 0 Å². The summed E-state index contributed by atoms with van der Waals surface area (Å²) in [5, 5.41) is 5.69. The number of aliphatic imine (C=N–C) groups is 1. The van der Waals surface area contributed by atoms with E-state index in [0.717, 1.165) is 18.4 Å². The van der Waals surface area contributed by atoms with Crippen LogP contribution in [0.3, 0.4) is 0 Å². The second-order valence-corrected chi connectivity index (χ2v) is 5.45. The number of nitrogens with one attached hydrogen (secondary N) is 2. The summed E-state index contributed by atoms with van der Waals surface area (Å²) < 4.78 is 5.66. The first-order valence-corrected chi connectivity index (χ1v) is 7.45. The Morgan fingerprint density at radius 3 is 2.91 bits per heavy atom. The predicted molar refractivity (Wildman–Crippen MR) is 83.6 cm³/mol. The van der Waals surface area contributed by atoms with Crippen LogP contribution >= 0.6 is 0 Å². The molecule has 6 heteroatoms. The number of carbonyl (C=O) groups excluding carboxylic acids is 1. The molecule has 2 atom stereocenters. The first-order chi connectivity index (χ1) is 10.7. The van der Waals surface area contributed by atoms with Crippen LogP contribution in [0.4, 0.5) is 0 Å². The van der Waals surface area contributed by atoms with Gasteiger partial charge in [0.1, 0.15) is 12.1 Å². The topological polar surface area (TPSA) is 88.7 Å². The summed E-state index contributed by atoms with van der Waals surface area (Å²) in [6.07, 6.45) is 3.31. The number of carbonyl (C=O) groups is 1. The van der Waals surface area contributed by atoms with Gasteiger partial charge in [-0.2, -0.15) is 0 Å². The lowest BCUT2D eigenvalue weighted by Gasteiger charge is -2.23. The molecule has 4 N–H and O–H groups in total. The van der Waals surface area contributed by atoms with Gasteiger partial charge < -0.3 is 15.8 Å². The largest absolute Gasteiger partial charge is 0.377 e. The molecule has 0 radical (unpaired) electrons. The molecule has 2 aliphatic heterocycles. The minimum atomic E-state index is -0.256. The number of ether oxygens (including phenoxy) is 1. The molecule has 0 fully saturated rings. The van der Waals surface area contributed by atoms with E-state index in [4.69, 9.17) is 10.5 Å². The molecule has 0 bridgehead atoms. The van der Waals surface area contributed by atoms with E-state index in [2.05, 4.69) is 15.6 Å². The first kappa shape index (κ1) is 14.6. The highest BCUT2D eigenvalue weighted by atomic mass is 16.5. The van der Waals surface area contributed by atoms with Crippen molar-refractivity contribution < 1.29 is 9.53 Å². The molecule has 0 saturated carbocycles. The summed E-state index contributed by atoms with van der Waals surface area (Å²) in [6.45, 7) is 1.28. The smallest absolute Gasteiger partial charge is 0.238 e. The lowest BCUT2D eigenvalue weighted by molar-refractivity contribution is -0.123. The van der Waals surface area contributed by atoms with Crippen molar-refractivity contribution in [2.75, 3.05) is 6.61 Å². The van der Waals surface area contributed by atoms with Crippen LogP contribution in [0.1, 0.15) is 18.4 Å². The molecule has 3 rings (SSSR count). The van der Waals surface area contributed by atoms with Crippen molar-refractivity contribution in [3.63, 3.8) is 0 Å². The maximum absolute atomic E-state index is 12.0. The van der Waals surface area contributed by atoms with E-state index in [1.54, 1.807) is 0 Å². The second kappa shape index (κ2) is 6.62. The number of nitrogens with zero attached hydrogens (tertiary/aromatic N) is 1. The molecule has 2 aliphatic rings. The monoisotopic (exact) mass is 300 g/mol. The van der Waals surface area contributed by atoms with Crippen molar-refractivity contribution in [1.82, 2.24) is 10.6 Å². The maximum atomic E-state index is 12.0. The van der Waals surface area contributed by atoms with Crippen molar-refractivity contribution >= 4 is 11.9 Å². The number of guanidine groups is 1. The Kier molecular flexibility index (Phi) is 4.39. The van der Waals surface area contributed by atoms with Gasteiger partial charge in [-0.15, -0.1) is 0 Å². The molecule has 0 aromatic heterocycles. The highest BCUT2D eigenvalue weighted by Gasteiger charge is 2.38. The summed E-state index contributed by atoms with van der Waals surface area (Å²) in [7, 11) is 0. The van der Waals surface area contributed by atoms with Crippen molar-refractivity contribution in [3.05, 3.63) is 47.7 Å². The van der Waals surface area contributed by atoms with E-state index in [0.29, 0.717) is 13.2 Å². The summed E-state index contributed by atoms with van der Waals surface area (Å²) in [5.74, 6) is -0.153. The highest BCUT2D eigenvalue weighted by Crippen LogP contribution is 2.27. The average Bonchev–Trinajstić information content (AvgIpc) is 2.91. The number of fused-ring (bicyclic) bond motifs is 1. The number of benzene rings is 1. The van der Waals surface area contributed by atoms with Crippen LogP contribution in [-0.4, -0.2) is 24.6 Å². The van der Waals surface area contributed by atoms with Gasteiger partial charge in [-0.3, -0.25) is 10.1 Å². The molecule has 0 saturated heterocycles. The third-order valence-corrected chi connectivity index (χ3v) is 3.83. The fourth-order valence-electron chi connectivity index (χ4n) is 2.76. The van der Waals surface area contributed by atoms with Crippen molar-refractivity contribution in [2.45, 2.75) is 25.6 Å². The van der Waals surface area contributed by atoms with Crippen LogP contribution in [0, 0.1) is 5.92 Å². The van der Waals surface area contributed by atoms with E-state index >= 15 is 0 Å². The lowest BCUT2D eigenvalue weighted by Crippen LogP contribution is -2.50. The number of nitrogens with two attached hydrogens (primary N) is 1. The molecule has 1 aromatic rings. The summed E-state index contributed by atoms with van der Waals surface area (Å²) in [4.78, 5) is 16.2. The number of amides is 1. The zero-order chi connectivity index (χ0) is 15.4. The maximum Gasteiger partial charge on any atom is 0.238 e. The highest BCUT2D eigenvalue weighted by molar-refractivity contribution is 6.01. The zero-order valence-corrected chi connectivity index (χ0v) is 12.3. The standard InChI is InChI=1S/C16H20N4O2/c17-16-19-14-13(15(21)20-16)12(9-18-14)7-4-8-22-10-11-5-2-1-3-6-11/h1-3,5-6,9,13-14,18H,4,7-8,10H2,(H3,17,19,20,21). The molecule has 0 spiro atoms. The fraction of sp³-hybridized carbons (Fsp3) is 0.375. The third-order valence-electron chi connectivity index (χ3n) is 3.83. The Morgan fingerprint density at radius 2 is 2.09 bits per heavy atom. The van der Waals surface area contributed by atoms with Crippen LogP contribution < -0.4 is 16.4 Å². The van der Waals surface area contributed by atoms with Crippen LogP contribution in [-0.2, 0) is 16.1 Å². The summed E-state index contributed by atoms with van der Waals surface area (Å²) >= 11 is 0. The normalized spacial score (nSPS) is 23.2. The zero-order valence-electron chi connectivity index (χ0n) is 12.3. The Hall–Kier alpha value is -2.34.